The van der Waals surface area contributed by atoms with E-state index in [4.69, 9.17) is 0 Å². The highest BCUT2D eigenvalue weighted by atomic mass is 35.5. The Kier molecular flexibility index (Phi) is 7.90. The van der Waals surface area contributed by atoms with Crippen LogP contribution in [0.2, 0.25) is 0 Å². The monoisotopic (exact) mass is 440 g/mol. The van der Waals surface area contributed by atoms with E-state index in [1.54, 1.807) is 12.1 Å². The van der Waals surface area contributed by atoms with E-state index in [1.807, 2.05) is 12.1 Å². The summed E-state index contributed by atoms with van der Waals surface area (Å²) in [4.78, 5) is 26.3. The van der Waals surface area contributed by atoms with Gasteiger partial charge in [-0.1, -0.05) is 61.7 Å². The van der Waals surface area contributed by atoms with E-state index >= 15 is 0 Å². The first-order valence-corrected chi connectivity index (χ1v) is 11.3. The Hall–Kier alpha value is -2.17. The molecule has 0 saturated heterocycles. The molecule has 0 spiro atoms. The average molecular weight is 441 g/mol. The molecule has 4 rings (SSSR count). The smallest absolute Gasteiger partial charge is 0.261 e. The van der Waals surface area contributed by atoms with Crippen LogP contribution in [0, 0.1) is 0 Å². The second kappa shape index (κ2) is 10.4. The number of hydrogen-bond donors (Lipinski definition) is 1. The van der Waals surface area contributed by atoms with Gasteiger partial charge in [0.05, 0.1) is 11.1 Å². The van der Waals surface area contributed by atoms with Gasteiger partial charge in [-0.15, -0.1) is 12.4 Å². The van der Waals surface area contributed by atoms with Crippen molar-refractivity contribution in [1.82, 2.24) is 10.2 Å². The summed E-state index contributed by atoms with van der Waals surface area (Å²) < 4.78 is 0. The molecular weight excluding hydrogens is 408 g/mol. The molecule has 31 heavy (non-hydrogen) atoms. The third kappa shape index (κ3) is 5.02. The number of hydrogen-bond acceptors (Lipinski definition) is 3. The number of halogens is 1. The van der Waals surface area contributed by atoms with Crippen LogP contribution in [0.4, 0.5) is 0 Å². The van der Waals surface area contributed by atoms with Crippen molar-refractivity contribution in [3.05, 3.63) is 71.3 Å². The SMILES string of the molecule is CC(CCCCN1C(=O)c2ccccc2C1=O)NCC1(c2ccccc2)CCCC1.Cl. The van der Waals surface area contributed by atoms with Crippen LogP contribution in [-0.2, 0) is 5.41 Å². The molecule has 0 radical (unpaired) electrons. The predicted octanol–water partition coefficient (Wildman–Crippen LogP) is 5.36. The highest BCUT2D eigenvalue weighted by molar-refractivity contribution is 6.21. The van der Waals surface area contributed by atoms with Crippen molar-refractivity contribution in [3.8, 4) is 0 Å². The van der Waals surface area contributed by atoms with E-state index in [0.29, 0.717) is 23.7 Å². The van der Waals surface area contributed by atoms with Gasteiger partial charge in [0.15, 0.2) is 0 Å². The Morgan fingerprint density at radius 3 is 2.10 bits per heavy atom. The zero-order valence-electron chi connectivity index (χ0n) is 18.3. The lowest BCUT2D eigenvalue weighted by Crippen LogP contribution is -2.40. The van der Waals surface area contributed by atoms with Crippen molar-refractivity contribution in [2.24, 2.45) is 0 Å². The molecule has 2 aromatic carbocycles. The van der Waals surface area contributed by atoms with E-state index in [2.05, 4.69) is 42.6 Å². The predicted molar refractivity (Wildman–Crippen MR) is 127 cm³/mol. The van der Waals surface area contributed by atoms with Crippen LogP contribution in [0.1, 0.15) is 78.1 Å². The molecule has 0 bridgehead atoms. The summed E-state index contributed by atoms with van der Waals surface area (Å²) in [6, 6.07) is 18.5. The maximum Gasteiger partial charge on any atom is 0.261 e. The van der Waals surface area contributed by atoms with Gasteiger partial charge in [-0.25, -0.2) is 0 Å². The van der Waals surface area contributed by atoms with Crippen LogP contribution in [0.3, 0.4) is 0 Å². The molecule has 5 heteroatoms. The minimum absolute atomic E-state index is 0. The van der Waals surface area contributed by atoms with Crippen LogP contribution in [-0.4, -0.2) is 35.8 Å². The number of amides is 2. The molecule has 1 saturated carbocycles. The lowest BCUT2D eigenvalue weighted by Gasteiger charge is -2.32. The molecule has 2 aromatic rings. The van der Waals surface area contributed by atoms with E-state index in [1.165, 1.54) is 36.1 Å². The summed E-state index contributed by atoms with van der Waals surface area (Å²) in [5, 5.41) is 3.78. The molecule has 1 aliphatic heterocycles. The molecule has 166 valence electrons. The number of nitrogens with zero attached hydrogens (tertiary/aromatic N) is 1. The number of rotatable bonds is 9. The number of imide groups is 1. The maximum atomic E-state index is 12.4. The molecule has 1 aliphatic carbocycles. The van der Waals surface area contributed by atoms with Crippen LogP contribution >= 0.6 is 12.4 Å². The first kappa shape index (κ1) is 23.5. The lowest BCUT2D eigenvalue weighted by atomic mass is 9.78. The van der Waals surface area contributed by atoms with Gasteiger partial charge in [-0.05, 0) is 50.3 Å². The maximum absolute atomic E-state index is 12.4. The van der Waals surface area contributed by atoms with Gasteiger partial charge < -0.3 is 5.32 Å². The van der Waals surface area contributed by atoms with Gasteiger partial charge >= 0.3 is 0 Å². The summed E-state index contributed by atoms with van der Waals surface area (Å²) in [7, 11) is 0. The van der Waals surface area contributed by atoms with Crippen molar-refractivity contribution in [3.63, 3.8) is 0 Å². The number of nitrogens with one attached hydrogen (secondary N) is 1. The van der Waals surface area contributed by atoms with Gasteiger partial charge in [-0.2, -0.15) is 0 Å². The van der Waals surface area contributed by atoms with E-state index in [9.17, 15) is 9.59 Å². The van der Waals surface area contributed by atoms with E-state index < -0.39 is 0 Å². The molecule has 1 N–H and O–H groups in total. The molecule has 2 aliphatic rings. The first-order valence-electron chi connectivity index (χ1n) is 11.3. The van der Waals surface area contributed by atoms with E-state index in [-0.39, 0.29) is 29.6 Å². The quantitative estimate of drug-likeness (QED) is 0.421. The highest BCUT2D eigenvalue weighted by Crippen LogP contribution is 2.40. The second-order valence-electron chi connectivity index (χ2n) is 8.94. The Bertz CT molecular complexity index is 858. The summed E-state index contributed by atoms with van der Waals surface area (Å²) in [5.74, 6) is -0.291. The van der Waals surface area contributed by atoms with Gasteiger partial charge in [0, 0.05) is 24.5 Å². The molecule has 1 heterocycles. The van der Waals surface area contributed by atoms with Crippen molar-refractivity contribution in [2.75, 3.05) is 13.1 Å². The standard InChI is InChI=1S/C26H32N2O2.ClH/c1-20(27-19-26(16-8-9-17-26)21-12-3-2-4-13-21)11-7-10-18-28-24(29)22-14-5-6-15-23(22)25(28)30;/h2-6,12-15,20,27H,7-11,16-19H2,1H3;1H. The Morgan fingerprint density at radius 2 is 1.48 bits per heavy atom. The van der Waals surface area contributed by atoms with Gasteiger partial charge in [0.2, 0.25) is 0 Å². The number of unbranched alkanes of at least 4 members (excludes halogenated alkanes) is 1. The van der Waals surface area contributed by atoms with Crippen LogP contribution in [0.15, 0.2) is 54.6 Å². The summed E-state index contributed by atoms with van der Waals surface area (Å²) in [6.07, 6.45) is 8.04. The molecule has 1 unspecified atom stereocenters. The van der Waals surface area contributed by atoms with Gasteiger partial charge in [-0.3, -0.25) is 14.5 Å². The van der Waals surface area contributed by atoms with Gasteiger partial charge in [0.25, 0.3) is 11.8 Å². The second-order valence-corrected chi connectivity index (χ2v) is 8.94. The van der Waals surface area contributed by atoms with Crippen LogP contribution in [0.5, 0.6) is 0 Å². The minimum atomic E-state index is -0.146. The van der Waals surface area contributed by atoms with Crippen molar-refractivity contribution in [1.29, 1.82) is 0 Å². The van der Waals surface area contributed by atoms with Gasteiger partial charge in [0.1, 0.15) is 0 Å². The molecule has 1 fully saturated rings. The largest absolute Gasteiger partial charge is 0.313 e. The van der Waals surface area contributed by atoms with Crippen molar-refractivity contribution >= 4 is 24.2 Å². The molecular formula is C26H33ClN2O2. The van der Waals surface area contributed by atoms with Crippen molar-refractivity contribution < 1.29 is 9.59 Å². The third-order valence-electron chi connectivity index (χ3n) is 6.88. The Morgan fingerprint density at radius 1 is 0.903 bits per heavy atom. The first-order chi connectivity index (χ1) is 14.6. The number of fused-ring (bicyclic) bond motifs is 1. The normalized spacial score (nSPS) is 18.0. The Balaban J connectivity index is 0.00000272. The fourth-order valence-corrected chi connectivity index (χ4v) is 5.05. The van der Waals surface area contributed by atoms with Crippen LogP contribution < -0.4 is 5.32 Å². The highest BCUT2D eigenvalue weighted by Gasteiger charge is 2.36. The lowest BCUT2D eigenvalue weighted by molar-refractivity contribution is 0.0651. The zero-order valence-corrected chi connectivity index (χ0v) is 19.1. The molecule has 2 amide bonds. The fourth-order valence-electron chi connectivity index (χ4n) is 5.05. The third-order valence-corrected chi connectivity index (χ3v) is 6.88. The summed E-state index contributed by atoms with van der Waals surface area (Å²) in [5.41, 5.74) is 2.82. The van der Waals surface area contributed by atoms with E-state index in [0.717, 1.165) is 25.8 Å². The minimum Gasteiger partial charge on any atom is -0.313 e. The summed E-state index contributed by atoms with van der Waals surface area (Å²) in [6.45, 7) is 3.78. The Labute approximate surface area is 191 Å². The number of carbonyl (C=O) groups is 2. The topological polar surface area (TPSA) is 49.4 Å². The zero-order chi connectivity index (χ0) is 21.0. The molecule has 4 nitrogen and oxygen atoms in total. The molecule has 1 atom stereocenters. The summed E-state index contributed by atoms with van der Waals surface area (Å²) >= 11 is 0. The fraction of sp³-hybridized carbons (Fsp3) is 0.462. The van der Waals surface area contributed by atoms with Crippen molar-refractivity contribution in [2.45, 2.75) is 63.3 Å². The molecule has 0 aromatic heterocycles. The average Bonchev–Trinajstić information content (AvgIpc) is 3.36. The number of benzene rings is 2. The van der Waals surface area contributed by atoms with Crippen LogP contribution in [0.25, 0.3) is 0 Å². The number of carbonyl (C=O) groups excluding carboxylic acids is 2.